The van der Waals surface area contributed by atoms with Crippen molar-refractivity contribution in [3.8, 4) is 0 Å². The average molecular weight is 1110 g/mol. The molecule has 0 bridgehead atoms. The van der Waals surface area contributed by atoms with Gasteiger partial charge in [-0.2, -0.15) is 0 Å². The molecule has 0 aliphatic heterocycles. The Morgan fingerprint density at radius 2 is 0.759 bits per heavy atom. The molecule has 0 aromatic heterocycles. The van der Waals surface area contributed by atoms with Gasteiger partial charge in [-0.3, -0.25) is 13.8 Å². The van der Waals surface area contributed by atoms with Gasteiger partial charge >= 0.3 is 7.82 Å². The van der Waals surface area contributed by atoms with Crippen molar-refractivity contribution in [2.75, 3.05) is 40.9 Å². The van der Waals surface area contributed by atoms with Crippen LogP contribution in [0.3, 0.4) is 0 Å². The minimum Gasteiger partial charge on any atom is -0.387 e. The third kappa shape index (κ3) is 61.6. The van der Waals surface area contributed by atoms with Crippen LogP contribution in [0.2, 0.25) is 0 Å². The van der Waals surface area contributed by atoms with Gasteiger partial charge in [0.15, 0.2) is 0 Å². The van der Waals surface area contributed by atoms with E-state index in [2.05, 4.69) is 165 Å². The predicted molar refractivity (Wildman–Crippen MR) is 345 cm³/mol. The molecule has 0 radical (unpaired) electrons. The van der Waals surface area contributed by atoms with Crippen LogP contribution in [0.4, 0.5) is 0 Å². The highest BCUT2D eigenvalue weighted by Gasteiger charge is 2.27. The molecule has 3 N–H and O–H groups in total. The van der Waals surface area contributed by atoms with Crippen LogP contribution < -0.4 is 5.32 Å². The summed E-state index contributed by atoms with van der Waals surface area (Å²) in [6, 6.07) is -0.882. The van der Waals surface area contributed by atoms with Gasteiger partial charge in [0.2, 0.25) is 5.91 Å². The molecular formula is C70H118N2O6P+. The smallest absolute Gasteiger partial charge is 0.387 e. The van der Waals surface area contributed by atoms with Gasteiger partial charge in [-0.1, -0.05) is 268 Å². The number of phosphoric acid groups is 1. The molecule has 79 heavy (non-hydrogen) atoms. The zero-order valence-corrected chi connectivity index (χ0v) is 51.9. The standard InChI is InChI=1S/C70H117N2O6P/c1-6-8-10-12-14-16-18-20-22-24-26-27-28-29-30-31-32-33-34-35-36-37-38-39-40-41-42-43-44-45-46-48-50-52-54-56-58-60-62-64-70(74)71-68(67-78-79(75,76)77-66-65-72(3,4)5)69(73)63-61-59-57-55-53-51-49-47-25-23-21-19-17-15-13-11-9-7-2/h8,10,14,16,20,22,26-27,29-30,32-33,35-36,38-39,41-42,44-45,48,50,54,56,61,63,68-69,73H,6-7,9,11-13,15,17-19,21,23-25,28,31,34,37,40,43,46-47,49,51-53,55,57-60,62,64-67H2,1-5H3,(H-,71,74,75,76)/p+1/b10-8-,16-14-,22-20-,27-26-,30-29-,33-32-,36-35-,39-38-,42-41-,45-44-,50-48-,56-54-,63-61+. The van der Waals surface area contributed by atoms with E-state index < -0.39 is 20.0 Å². The van der Waals surface area contributed by atoms with Gasteiger partial charge < -0.3 is 19.8 Å². The van der Waals surface area contributed by atoms with E-state index >= 15 is 0 Å². The van der Waals surface area contributed by atoms with Crippen molar-refractivity contribution in [3.05, 3.63) is 158 Å². The molecule has 0 saturated carbocycles. The Balaban J connectivity index is 4.28. The molecule has 0 rings (SSSR count). The summed E-state index contributed by atoms with van der Waals surface area (Å²) < 4.78 is 23.7. The minimum atomic E-state index is -4.37. The molecule has 0 aliphatic rings. The first kappa shape index (κ1) is 75.1. The second kappa shape index (κ2) is 58.8. The second-order valence-corrected chi connectivity index (χ2v) is 23.2. The first-order valence-corrected chi connectivity index (χ1v) is 32.9. The number of unbranched alkanes of at least 4 members (excludes halogenated alkanes) is 18. The van der Waals surface area contributed by atoms with Crippen LogP contribution in [-0.2, 0) is 18.4 Å². The number of aliphatic hydroxyl groups is 1. The number of likely N-dealkylation sites (N-methyl/N-ethyl adjacent to an activating group) is 1. The highest BCUT2D eigenvalue weighted by atomic mass is 31.2. The quantitative estimate of drug-likeness (QED) is 0.0243. The third-order valence-corrected chi connectivity index (χ3v) is 14.0. The summed E-state index contributed by atoms with van der Waals surface area (Å²) in [7, 11) is 1.52. The van der Waals surface area contributed by atoms with Gasteiger partial charge in [0, 0.05) is 6.42 Å². The lowest BCUT2D eigenvalue weighted by molar-refractivity contribution is -0.870. The number of carbonyl (C=O) groups is 1. The molecule has 9 heteroatoms. The van der Waals surface area contributed by atoms with Gasteiger partial charge in [0.25, 0.3) is 0 Å². The van der Waals surface area contributed by atoms with Crippen LogP contribution in [0, 0.1) is 0 Å². The van der Waals surface area contributed by atoms with Crippen molar-refractivity contribution < 1.29 is 32.9 Å². The van der Waals surface area contributed by atoms with E-state index in [9.17, 15) is 19.4 Å². The molecule has 0 spiro atoms. The minimum absolute atomic E-state index is 0.0446. The number of aliphatic hydroxyl groups excluding tert-OH is 1. The fourth-order valence-corrected chi connectivity index (χ4v) is 8.88. The molecule has 1 amide bonds. The molecule has 0 heterocycles. The molecule has 0 aliphatic carbocycles. The van der Waals surface area contributed by atoms with Crippen LogP contribution in [0.15, 0.2) is 158 Å². The van der Waals surface area contributed by atoms with Crippen LogP contribution in [0.1, 0.15) is 226 Å². The predicted octanol–water partition coefficient (Wildman–Crippen LogP) is 19.8. The first-order chi connectivity index (χ1) is 38.5. The number of nitrogens with zero attached hydrogens (tertiary/aromatic N) is 1. The Kier molecular flexibility index (Phi) is 55.9. The van der Waals surface area contributed by atoms with E-state index in [4.69, 9.17) is 9.05 Å². The maximum atomic E-state index is 13.0. The number of quaternary nitrogens is 1. The Bertz CT molecular complexity index is 1840. The lowest BCUT2D eigenvalue weighted by Crippen LogP contribution is -2.45. The van der Waals surface area contributed by atoms with Crippen LogP contribution in [0.25, 0.3) is 0 Å². The molecule has 0 aromatic rings. The lowest BCUT2D eigenvalue weighted by Gasteiger charge is -2.25. The SMILES string of the molecule is CC/C=C\C/C=C\C/C=C\C/C=C\C/C=C\C/C=C\C/C=C\C/C=C\C/C=C\C/C=C\C/C=C\C/C=C\CCCCC(=O)NC(COP(=O)(O)OCC[N+](C)(C)C)C(O)/C=C/CCCCCCCCCCCCCCCCCC. The van der Waals surface area contributed by atoms with E-state index in [-0.39, 0.29) is 19.1 Å². The van der Waals surface area contributed by atoms with Crippen LogP contribution in [0.5, 0.6) is 0 Å². The van der Waals surface area contributed by atoms with Crippen molar-refractivity contribution in [3.63, 3.8) is 0 Å². The van der Waals surface area contributed by atoms with Crippen LogP contribution in [-0.4, -0.2) is 73.4 Å². The number of allylic oxidation sites excluding steroid dienone is 25. The second-order valence-electron chi connectivity index (χ2n) is 21.7. The topological polar surface area (TPSA) is 105 Å². The fourth-order valence-electron chi connectivity index (χ4n) is 8.14. The third-order valence-electron chi connectivity index (χ3n) is 13.0. The van der Waals surface area contributed by atoms with E-state index in [0.717, 1.165) is 109 Å². The van der Waals surface area contributed by atoms with E-state index in [0.29, 0.717) is 23.9 Å². The molecule has 448 valence electrons. The first-order valence-electron chi connectivity index (χ1n) is 31.4. The summed E-state index contributed by atoms with van der Waals surface area (Å²) in [5.74, 6) is -0.225. The highest BCUT2D eigenvalue weighted by molar-refractivity contribution is 7.47. The van der Waals surface area contributed by atoms with Crippen molar-refractivity contribution in [1.29, 1.82) is 0 Å². The number of phosphoric ester groups is 1. The van der Waals surface area contributed by atoms with E-state index in [1.807, 2.05) is 27.2 Å². The summed E-state index contributed by atoms with van der Waals surface area (Å²) in [6.07, 6.45) is 92.2. The molecule has 0 fully saturated rings. The Morgan fingerprint density at radius 1 is 0.443 bits per heavy atom. The highest BCUT2D eigenvalue weighted by Crippen LogP contribution is 2.43. The van der Waals surface area contributed by atoms with Gasteiger partial charge in [-0.05, 0) is 109 Å². The van der Waals surface area contributed by atoms with Gasteiger partial charge in [-0.25, -0.2) is 4.57 Å². The molecular weight excluding hydrogens is 996 g/mol. The summed E-state index contributed by atoms with van der Waals surface area (Å²) in [4.78, 5) is 23.3. The maximum Gasteiger partial charge on any atom is 0.472 e. The largest absolute Gasteiger partial charge is 0.472 e. The number of hydrogen-bond donors (Lipinski definition) is 3. The molecule has 3 atom stereocenters. The number of rotatable bonds is 55. The fraction of sp³-hybridized carbons (Fsp3) is 0.614. The Hall–Kier alpha value is -3.88. The number of nitrogens with one attached hydrogen (secondary N) is 1. The van der Waals surface area contributed by atoms with Gasteiger partial charge in [0.1, 0.15) is 13.2 Å². The Labute approximate surface area is 486 Å². The number of amides is 1. The zero-order valence-electron chi connectivity index (χ0n) is 51.0. The number of carbonyl (C=O) groups excluding carboxylic acids is 1. The van der Waals surface area contributed by atoms with Gasteiger partial charge in [-0.15, -0.1) is 0 Å². The van der Waals surface area contributed by atoms with Crippen molar-refractivity contribution in [2.24, 2.45) is 0 Å². The summed E-state index contributed by atoms with van der Waals surface area (Å²) >= 11 is 0. The maximum absolute atomic E-state index is 13.0. The lowest BCUT2D eigenvalue weighted by atomic mass is 10.0. The zero-order chi connectivity index (χ0) is 57.7. The summed E-state index contributed by atoms with van der Waals surface area (Å²) in [6.45, 7) is 4.66. The molecule has 0 saturated heterocycles. The van der Waals surface area contributed by atoms with E-state index in [1.165, 1.54) is 89.9 Å². The Morgan fingerprint density at radius 3 is 1.11 bits per heavy atom. The monoisotopic (exact) mass is 1110 g/mol. The van der Waals surface area contributed by atoms with Crippen molar-refractivity contribution in [2.45, 2.75) is 238 Å². The summed E-state index contributed by atoms with van der Waals surface area (Å²) in [5, 5.41) is 13.9. The molecule has 0 aromatic carbocycles. The summed E-state index contributed by atoms with van der Waals surface area (Å²) in [5.41, 5.74) is 0. The van der Waals surface area contributed by atoms with Crippen molar-refractivity contribution in [1.82, 2.24) is 5.32 Å². The van der Waals surface area contributed by atoms with Crippen molar-refractivity contribution >= 4 is 13.7 Å². The van der Waals surface area contributed by atoms with Crippen LogP contribution >= 0.6 is 7.82 Å². The average Bonchev–Trinajstić information content (AvgIpc) is 3.42. The van der Waals surface area contributed by atoms with Gasteiger partial charge in [0.05, 0.1) is 39.9 Å². The van der Waals surface area contributed by atoms with E-state index in [1.54, 1.807) is 6.08 Å². The molecule has 8 nitrogen and oxygen atoms in total. The normalized spacial score (nSPS) is 14.9. The number of hydrogen-bond acceptors (Lipinski definition) is 5. The molecule has 3 unspecified atom stereocenters.